The Kier molecular flexibility index (Phi) is 9.35. The van der Waals surface area contributed by atoms with Crippen molar-refractivity contribution in [1.82, 2.24) is 0 Å². The van der Waals surface area contributed by atoms with Crippen molar-refractivity contribution < 1.29 is 38.8 Å². The van der Waals surface area contributed by atoms with Gasteiger partial charge in [-0.2, -0.15) is 0 Å². The molecular weight excluding hydrogens is 586 g/mol. The number of aliphatic hydroxyl groups is 1. The van der Waals surface area contributed by atoms with E-state index in [1.807, 2.05) is 0 Å². The molecule has 1 heterocycles. The quantitative estimate of drug-likeness (QED) is 0.218. The highest BCUT2D eigenvalue weighted by Gasteiger charge is 2.72. The van der Waals surface area contributed by atoms with Gasteiger partial charge in [0.25, 0.3) is 0 Å². The number of aliphatic hydroxyl groups excluding tert-OH is 1. The Morgan fingerprint density at radius 2 is 1.74 bits per heavy atom. The van der Waals surface area contributed by atoms with E-state index in [1.165, 1.54) is 12.5 Å². The van der Waals surface area contributed by atoms with E-state index < -0.39 is 58.3 Å². The van der Waals surface area contributed by atoms with Gasteiger partial charge in [-0.25, -0.2) is 0 Å². The summed E-state index contributed by atoms with van der Waals surface area (Å²) in [5.41, 5.74) is 5.25. The number of nitrogens with two attached hydrogens (primary N) is 1. The Morgan fingerprint density at radius 1 is 1.04 bits per heavy atom. The van der Waals surface area contributed by atoms with Crippen LogP contribution in [-0.4, -0.2) is 66.2 Å². The van der Waals surface area contributed by atoms with Crippen molar-refractivity contribution in [3.63, 3.8) is 0 Å². The molecular formula is C37H59NO8. The van der Waals surface area contributed by atoms with Crippen molar-refractivity contribution >= 4 is 17.9 Å². The summed E-state index contributed by atoms with van der Waals surface area (Å²) < 4.78 is 18.6. The summed E-state index contributed by atoms with van der Waals surface area (Å²) in [6.45, 7) is 17.7. The third-order valence-corrected chi connectivity index (χ3v) is 14.6. The van der Waals surface area contributed by atoms with Crippen LogP contribution in [0.25, 0.3) is 0 Å². The highest BCUT2D eigenvalue weighted by molar-refractivity contribution is 5.73. The van der Waals surface area contributed by atoms with Crippen LogP contribution in [0.3, 0.4) is 0 Å². The molecule has 5 aliphatic rings. The van der Waals surface area contributed by atoms with Crippen LogP contribution in [0.2, 0.25) is 0 Å². The molecule has 1 saturated heterocycles. The minimum Gasteiger partial charge on any atom is -0.481 e. The smallest absolute Gasteiger partial charge is 0.307 e. The minimum atomic E-state index is -0.683. The topological polar surface area (TPSA) is 145 Å². The van der Waals surface area contributed by atoms with E-state index >= 15 is 0 Å². The van der Waals surface area contributed by atoms with Gasteiger partial charge >= 0.3 is 17.9 Å². The Labute approximate surface area is 275 Å². The molecule has 0 amide bonds. The molecule has 0 spiro atoms. The highest BCUT2D eigenvalue weighted by Crippen LogP contribution is 2.75. The van der Waals surface area contributed by atoms with E-state index in [2.05, 4.69) is 54.5 Å². The Morgan fingerprint density at radius 3 is 2.35 bits per heavy atom. The monoisotopic (exact) mass is 645 g/mol. The fraction of sp³-hybridized carbons (Fsp3) is 0.865. The fourth-order valence-electron chi connectivity index (χ4n) is 11.7. The molecule has 0 aromatic carbocycles. The average molecular weight is 646 g/mol. The van der Waals surface area contributed by atoms with E-state index in [4.69, 9.17) is 19.9 Å². The minimum absolute atomic E-state index is 0.0705. The van der Waals surface area contributed by atoms with E-state index in [-0.39, 0.29) is 41.6 Å². The Hall–Kier alpha value is -1.97. The molecule has 46 heavy (non-hydrogen) atoms. The normalized spacial score (nSPS) is 44.5. The summed E-state index contributed by atoms with van der Waals surface area (Å²) in [6.07, 6.45) is 6.30. The lowest BCUT2D eigenvalue weighted by Gasteiger charge is -2.71. The molecule has 4 aliphatic carbocycles. The van der Waals surface area contributed by atoms with E-state index in [0.29, 0.717) is 38.4 Å². The zero-order valence-corrected chi connectivity index (χ0v) is 29.4. The third-order valence-electron chi connectivity index (χ3n) is 14.6. The molecule has 4 fully saturated rings. The van der Waals surface area contributed by atoms with Crippen molar-refractivity contribution in [1.29, 1.82) is 0 Å². The number of carbonyl (C=O) groups is 3. The van der Waals surface area contributed by atoms with Gasteiger partial charge in [-0.1, -0.05) is 60.1 Å². The van der Waals surface area contributed by atoms with Crippen LogP contribution < -0.4 is 5.73 Å². The molecule has 9 nitrogen and oxygen atoms in total. The highest BCUT2D eigenvalue weighted by atomic mass is 16.6. The summed E-state index contributed by atoms with van der Waals surface area (Å²) >= 11 is 0. The first kappa shape index (κ1) is 35.3. The number of esters is 2. The third kappa shape index (κ3) is 5.17. The van der Waals surface area contributed by atoms with Gasteiger partial charge in [-0.15, -0.1) is 0 Å². The van der Waals surface area contributed by atoms with Gasteiger partial charge in [0, 0.05) is 30.2 Å². The first-order chi connectivity index (χ1) is 21.4. The maximum absolute atomic E-state index is 13.3. The molecule has 5 rings (SSSR count). The number of carboxylic acids is 1. The lowest BCUT2D eigenvalue weighted by Crippen LogP contribution is -2.70. The number of ether oxygens (including phenoxy) is 3. The molecule has 1 unspecified atom stereocenters. The lowest BCUT2D eigenvalue weighted by molar-refractivity contribution is -0.263. The standard InChI is InChI=1S/C37H59NO8/c1-21(2)22(3)33(5)15-16-35(7)25-10-11-28-34(6)19-44-20-37(28,26(25)13-14-36(35,8)30(33)32(42)43)17-27(45-23(4)40)31(34)46-29(41)12-9-24(38)18-39/h13,21-22,24-25,27-28,30-31,39H,9-12,14-20,38H2,1-8H3,(H,42,43)/t22-,24?,25+,27-,28+,30-,31+,33-,34-,35-,36+,37+/m1/s1. The SMILES string of the molecule is CC(=O)O[C@@H]1C[C@@]23COC[C@](C)([C@@H]2CC[C@H]2C3=CC[C@@]3(C)[C@H](C(=O)O)[C@@](C)([C@H](C)C(C)C)CC[C@]23C)[C@H]1OC(=O)CCC(N)CO. The van der Waals surface area contributed by atoms with E-state index in [0.717, 1.165) is 25.7 Å². The zero-order chi connectivity index (χ0) is 34.0. The second-order valence-corrected chi connectivity index (χ2v) is 17.1. The second kappa shape index (κ2) is 12.2. The summed E-state index contributed by atoms with van der Waals surface area (Å²) in [6, 6.07) is -0.503. The largest absolute Gasteiger partial charge is 0.481 e. The lowest BCUT2D eigenvalue weighted by atomic mass is 9.34. The van der Waals surface area contributed by atoms with Gasteiger partial charge in [0.05, 0.1) is 25.7 Å². The van der Waals surface area contributed by atoms with E-state index in [9.17, 15) is 24.6 Å². The van der Waals surface area contributed by atoms with Gasteiger partial charge in [0.2, 0.25) is 0 Å². The maximum Gasteiger partial charge on any atom is 0.307 e. The summed E-state index contributed by atoms with van der Waals surface area (Å²) in [7, 11) is 0. The molecule has 0 aromatic rings. The predicted molar refractivity (Wildman–Crippen MR) is 173 cm³/mol. The van der Waals surface area contributed by atoms with Crippen molar-refractivity contribution in [3.05, 3.63) is 11.6 Å². The predicted octanol–water partition coefficient (Wildman–Crippen LogP) is 5.52. The number of aliphatic carboxylic acids is 1. The summed E-state index contributed by atoms with van der Waals surface area (Å²) in [5.74, 6) is -0.994. The molecule has 12 atom stereocenters. The van der Waals surface area contributed by atoms with Gasteiger partial charge < -0.3 is 30.2 Å². The number of fused-ring (bicyclic) bond motifs is 3. The number of carbonyl (C=O) groups excluding carboxylic acids is 2. The van der Waals surface area contributed by atoms with Gasteiger partial charge in [0.1, 0.15) is 12.2 Å². The number of hydrogen-bond donors (Lipinski definition) is 3. The van der Waals surface area contributed by atoms with Crippen LogP contribution in [0.5, 0.6) is 0 Å². The first-order valence-electron chi connectivity index (χ1n) is 17.7. The Bertz CT molecular complexity index is 1250. The number of carboxylic acid groups (broad SMARTS) is 1. The van der Waals surface area contributed by atoms with E-state index in [1.54, 1.807) is 0 Å². The number of rotatable bonds is 9. The maximum atomic E-state index is 13.3. The fourth-order valence-corrected chi connectivity index (χ4v) is 11.7. The molecule has 1 aliphatic heterocycles. The van der Waals surface area contributed by atoms with Crippen molar-refractivity contribution in [2.24, 2.45) is 62.4 Å². The van der Waals surface area contributed by atoms with Gasteiger partial charge in [-0.05, 0) is 84.9 Å². The molecule has 3 saturated carbocycles. The molecule has 2 bridgehead atoms. The number of hydrogen-bond acceptors (Lipinski definition) is 8. The summed E-state index contributed by atoms with van der Waals surface area (Å²) in [5, 5.41) is 20.3. The van der Waals surface area contributed by atoms with Crippen LogP contribution in [0, 0.1) is 56.7 Å². The van der Waals surface area contributed by atoms with Gasteiger partial charge in [-0.3, -0.25) is 14.4 Å². The first-order valence-corrected chi connectivity index (χ1v) is 17.7. The molecule has 260 valence electrons. The number of allylic oxidation sites excluding steroid dienone is 1. The van der Waals surface area contributed by atoms with Crippen LogP contribution in [0.4, 0.5) is 0 Å². The Balaban J connectivity index is 1.54. The molecule has 0 radical (unpaired) electrons. The van der Waals surface area contributed by atoms with Crippen molar-refractivity contribution in [2.75, 3.05) is 19.8 Å². The molecule has 9 heteroatoms. The molecule has 0 aromatic heterocycles. The van der Waals surface area contributed by atoms with Crippen LogP contribution in [-0.2, 0) is 28.6 Å². The van der Waals surface area contributed by atoms with Crippen LogP contribution in [0.1, 0.15) is 107 Å². The van der Waals surface area contributed by atoms with Gasteiger partial charge in [0.15, 0.2) is 0 Å². The summed E-state index contributed by atoms with van der Waals surface area (Å²) in [4.78, 5) is 38.9. The molecule has 4 N–H and O–H groups in total. The van der Waals surface area contributed by atoms with Crippen LogP contribution >= 0.6 is 0 Å². The van der Waals surface area contributed by atoms with Crippen molar-refractivity contribution in [3.8, 4) is 0 Å². The van der Waals surface area contributed by atoms with Crippen LogP contribution in [0.15, 0.2) is 11.6 Å². The average Bonchev–Trinajstić information content (AvgIpc) is 2.97. The van der Waals surface area contributed by atoms with Crippen molar-refractivity contribution in [2.45, 2.75) is 125 Å². The second-order valence-electron chi connectivity index (χ2n) is 17.1. The zero-order valence-electron chi connectivity index (χ0n) is 29.4.